The van der Waals surface area contributed by atoms with E-state index in [1.807, 2.05) is 25.1 Å². The molecule has 0 aliphatic rings. The molecule has 0 aliphatic heterocycles. The molecular weight excluding hydrogens is 546 g/mol. The summed E-state index contributed by atoms with van der Waals surface area (Å²) in [5.74, 6) is 0.277. The second-order valence-electron chi connectivity index (χ2n) is 6.57. The van der Waals surface area contributed by atoms with Gasteiger partial charge in [0.25, 0.3) is 11.6 Å². The predicted octanol–water partition coefficient (Wildman–Crippen LogP) is 6.24. The summed E-state index contributed by atoms with van der Waals surface area (Å²) in [6.45, 7) is 1.91. The zero-order valence-corrected chi connectivity index (χ0v) is 20.0. The molecule has 3 rings (SSSR count). The number of nitriles is 1. The number of halogens is 2. The number of aryl methyl sites for hydroxylation is 1. The molecule has 32 heavy (non-hydrogen) atoms. The van der Waals surface area contributed by atoms with Gasteiger partial charge >= 0.3 is 0 Å². The number of nitro benzene ring substituents is 1. The van der Waals surface area contributed by atoms with E-state index in [2.05, 4.69) is 37.2 Å². The third-order valence-electron chi connectivity index (χ3n) is 4.36. The van der Waals surface area contributed by atoms with Gasteiger partial charge in [-0.25, -0.2) is 0 Å². The molecule has 0 bridgehead atoms. The number of ether oxygens (including phenoxy) is 1. The minimum atomic E-state index is -0.608. The molecule has 8 nitrogen and oxygen atoms in total. The van der Waals surface area contributed by atoms with Gasteiger partial charge in [-0.1, -0.05) is 0 Å². The van der Waals surface area contributed by atoms with E-state index in [-0.39, 0.29) is 22.8 Å². The maximum Gasteiger partial charge on any atom is 0.273 e. The molecule has 0 fully saturated rings. The van der Waals surface area contributed by atoms with Gasteiger partial charge in [0.1, 0.15) is 28.9 Å². The molecule has 1 amide bonds. The standard InChI is InChI=1S/C22H15Br2N3O5/c1-12-7-17(23)21(18(24)8-12)26-22(28)13(11-25)9-15-4-6-19(32-15)16-5-3-14(27(29)30)10-20(16)31-2/h3-10H,1-2H3,(H,26,28)/b13-9+. The highest BCUT2D eigenvalue weighted by molar-refractivity contribution is 9.11. The Labute approximate surface area is 199 Å². The van der Waals surface area contributed by atoms with Crippen molar-refractivity contribution in [1.29, 1.82) is 5.26 Å². The number of nitrogens with one attached hydrogen (secondary N) is 1. The topological polar surface area (TPSA) is 118 Å². The van der Waals surface area contributed by atoms with Crippen molar-refractivity contribution >= 4 is 55.2 Å². The van der Waals surface area contributed by atoms with Crippen LogP contribution >= 0.6 is 31.9 Å². The molecule has 3 aromatic rings. The van der Waals surface area contributed by atoms with E-state index in [1.54, 1.807) is 12.1 Å². The highest BCUT2D eigenvalue weighted by Crippen LogP contribution is 2.35. The normalized spacial score (nSPS) is 11.0. The smallest absolute Gasteiger partial charge is 0.273 e. The van der Waals surface area contributed by atoms with Crippen LogP contribution in [0.3, 0.4) is 0 Å². The van der Waals surface area contributed by atoms with Crippen LogP contribution in [-0.4, -0.2) is 17.9 Å². The average Bonchev–Trinajstić information content (AvgIpc) is 3.22. The second kappa shape index (κ2) is 9.80. The van der Waals surface area contributed by atoms with Gasteiger partial charge in [-0.2, -0.15) is 5.26 Å². The monoisotopic (exact) mass is 559 g/mol. The summed E-state index contributed by atoms with van der Waals surface area (Å²) in [7, 11) is 1.39. The number of carbonyl (C=O) groups excluding carboxylic acids is 1. The quantitative estimate of drug-likeness (QED) is 0.165. The minimum absolute atomic E-state index is 0.117. The van der Waals surface area contributed by atoms with E-state index in [1.165, 1.54) is 31.4 Å². The molecule has 0 saturated heterocycles. The van der Waals surface area contributed by atoms with Crippen LogP contribution < -0.4 is 10.1 Å². The van der Waals surface area contributed by atoms with Crippen molar-refractivity contribution < 1.29 is 18.9 Å². The van der Waals surface area contributed by atoms with Crippen molar-refractivity contribution in [1.82, 2.24) is 0 Å². The zero-order valence-electron chi connectivity index (χ0n) is 16.8. The Morgan fingerprint density at radius 2 is 1.91 bits per heavy atom. The van der Waals surface area contributed by atoms with E-state index in [0.29, 0.717) is 26.0 Å². The van der Waals surface area contributed by atoms with E-state index in [9.17, 15) is 20.2 Å². The summed E-state index contributed by atoms with van der Waals surface area (Å²) < 4.78 is 12.3. The van der Waals surface area contributed by atoms with Crippen molar-refractivity contribution in [2.24, 2.45) is 0 Å². The first-order chi connectivity index (χ1) is 15.2. The number of nitrogens with zero attached hydrogens (tertiary/aromatic N) is 2. The van der Waals surface area contributed by atoms with Gasteiger partial charge in [-0.3, -0.25) is 14.9 Å². The van der Waals surface area contributed by atoms with Gasteiger partial charge in [0.2, 0.25) is 0 Å². The van der Waals surface area contributed by atoms with E-state index >= 15 is 0 Å². The lowest BCUT2D eigenvalue weighted by atomic mass is 10.1. The van der Waals surface area contributed by atoms with Crippen LogP contribution in [-0.2, 0) is 4.79 Å². The van der Waals surface area contributed by atoms with Crippen LogP contribution in [0.4, 0.5) is 11.4 Å². The number of methoxy groups -OCH3 is 1. The molecule has 0 spiro atoms. The maximum atomic E-state index is 12.6. The van der Waals surface area contributed by atoms with Crippen LogP contribution in [0.1, 0.15) is 11.3 Å². The molecule has 1 aromatic heterocycles. The summed E-state index contributed by atoms with van der Waals surface area (Å²) in [4.78, 5) is 23.1. The molecule has 162 valence electrons. The number of nitro groups is 1. The van der Waals surface area contributed by atoms with Gasteiger partial charge < -0.3 is 14.5 Å². The van der Waals surface area contributed by atoms with Crippen molar-refractivity contribution in [3.8, 4) is 23.1 Å². The van der Waals surface area contributed by atoms with Crippen LogP contribution in [0.2, 0.25) is 0 Å². The molecule has 0 saturated carbocycles. The van der Waals surface area contributed by atoms with Gasteiger partial charge in [-0.15, -0.1) is 0 Å². The van der Waals surface area contributed by atoms with Crippen molar-refractivity contribution in [2.75, 3.05) is 12.4 Å². The maximum absolute atomic E-state index is 12.6. The number of benzene rings is 2. The molecule has 1 heterocycles. The number of hydrogen-bond donors (Lipinski definition) is 1. The van der Waals surface area contributed by atoms with E-state index in [4.69, 9.17) is 9.15 Å². The molecule has 1 N–H and O–H groups in total. The predicted molar refractivity (Wildman–Crippen MR) is 126 cm³/mol. The molecular formula is C22H15Br2N3O5. The first-order valence-corrected chi connectivity index (χ1v) is 10.6. The number of non-ortho nitro benzene ring substituents is 1. The Morgan fingerprint density at radius 1 is 1.22 bits per heavy atom. The third-order valence-corrected chi connectivity index (χ3v) is 5.62. The summed E-state index contributed by atoms with van der Waals surface area (Å²) in [5, 5.41) is 23.2. The van der Waals surface area contributed by atoms with Crippen molar-refractivity contribution in [2.45, 2.75) is 6.92 Å². The molecule has 10 heteroatoms. The first kappa shape index (κ1) is 23.2. The second-order valence-corrected chi connectivity index (χ2v) is 8.28. The molecule has 2 aromatic carbocycles. The van der Waals surface area contributed by atoms with Crippen molar-refractivity contribution in [3.05, 3.63) is 78.4 Å². The average molecular weight is 561 g/mol. The number of rotatable bonds is 6. The number of hydrogen-bond acceptors (Lipinski definition) is 6. The van der Waals surface area contributed by atoms with Crippen LogP contribution in [0.25, 0.3) is 17.4 Å². The van der Waals surface area contributed by atoms with Gasteiger partial charge in [0.15, 0.2) is 0 Å². The van der Waals surface area contributed by atoms with Crippen LogP contribution in [0, 0.1) is 28.4 Å². The van der Waals surface area contributed by atoms with Gasteiger partial charge in [0.05, 0.1) is 29.4 Å². The summed E-state index contributed by atoms with van der Waals surface area (Å²) in [6, 6.07) is 12.9. The molecule has 0 unspecified atom stereocenters. The number of furan rings is 1. The Hall–Kier alpha value is -3.42. The Bertz CT molecular complexity index is 1270. The lowest BCUT2D eigenvalue weighted by molar-refractivity contribution is -0.384. The SMILES string of the molecule is COc1cc([N+](=O)[O-])ccc1-c1ccc(/C=C(\C#N)C(=O)Nc2c(Br)cc(C)cc2Br)o1. The molecule has 0 aliphatic carbocycles. The van der Waals surface area contributed by atoms with Gasteiger partial charge in [-0.05, 0) is 74.7 Å². The Balaban J connectivity index is 1.88. The first-order valence-electron chi connectivity index (χ1n) is 9.05. The number of anilines is 1. The molecule has 0 atom stereocenters. The fourth-order valence-electron chi connectivity index (χ4n) is 2.86. The number of amides is 1. The third kappa shape index (κ3) is 5.07. The van der Waals surface area contributed by atoms with Crippen molar-refractivity contribution in [3.63, 3.8) is 0 Å². The highest BCUT2D eigenvalue weighted by Gasteiger charge is 2.17. The Morgan fingerprint density at radius 3 is 2.50 bits per heavy atom. The van der Waals surface area contributed by atoms with Gasteiger partial charge in [0, 0.05) is 21.1 Å². The fourth-order valence-corrected chi connectivity index (χ4v) is 4.48. The lowest BCUT2D eigenvalue weighted by Gasteiger charge is -2.10. The minimum Gasteiger partial charge on any atom is -0.496 e. The summed E-state index contributed by atoms with van der Waals surface area (Å²) in [5.41, 5.74) is 1.70. The van der Waals surface area contributed by atoms with Crippen LogP contribution in [0.5, 0.6) is 5.75 Å². The van der Waals surface area contributed by atoms with E-state index < -0.39 is 10.8 Å². The largest absolute Gasteiger partial charge is 0.496 e. The zero-order chi connectivity index (χ0) is 23.4. The Kier molecular flexibility index (Phi) is 7.12. The molecule has 0 radical (unpaired) electrons. The summed E-state index contributed by atoms with van der Waals surface area (Å²) in [6.07, 6.45) is 1.31. The highest BCUT2D eigenvalue weighted by atomic mass is 79.9. The number of carbonyl (C=O) groups is 1. The summed E-state index contributed by atoms with van der Waals surface area (Å²) >= 11 is 6.80. The van der Waals surface area contributed by atoms with E-state index in [0.717, 1.165) is 5.56 Å². The fraction of sp³-hybridized carbons (Fsp3) is 0.0909. The lowest BCUT2D eigenvalue weighted by Crippen LogP contribution is -2.14. The van der Waals surface area contributed by atoms with Crippen LogP contribution in [0.15, 0.2) is 61.4 Å².